The van der Waals surface area contributed by atoms with E-state index in [0.29, 0.717) is 6.54 Å². The van der Waals surface area contributed by atoms with Gasteiger partial charge in [0.05, 0.1) is 12.0 Å². The average molecular weight is 336 g/mol. The Kier molecular flexibility index (Phi) is 6.32. The van der Waals surface area contributed by atoms with Crippen LogP contribution >= 0.6 is 0 Å². The summed E-state index contributed by atoms with van der Waals surface area (Å²) in [4.78, 5) is 12.7. The first-order chi connectivity index (χ1) is 11.9. The van der Waals surface area contributed by atoms with E-state index in [-0.39, 0.29) is 0 Å². The largest absolute Gasteiger partial charge is 0.459 e. The van der Waals surface area contributed by atoms with Crippen molar-refractivity contribution in [3.05, 3.63) is 71.8 Å². The number of carbonyl (C=O) groups excluding carboxylic acids is 1. The van der Waals surface area contributed by atoms with E-state index in [1.807, 2.05) is 81.4 Å². The summed E-state index contributed by atoms with van der Waals surface area (Å²) >= 11 is 0. The molecule has 0 unspecified atom stereocenters. The SMILES string of the molecule is CC(C)(C)OC(=O)[C@@H](NCc1ccccc1)[C@@H](C#N)c1ccccc1. The first-order valence-corrected chi connectivity index (χ1v) is 8.35. The van der Waals surface area contributed by atoms with Crippen molar-refractivity contribution in [1.29, 1.82) is 5.26 Å². The number of ether oxygens (including phenoxy) is 1. The highest BCUT2D eigenvalue weighted by atomic mass is 16.6. The third-order valence-electron chi connectivity index (χ3n) is 3.66. The molecule has 0 bridgehead atoms. The molecule has 1 N–H and O–H groups in total. The topological polar surface area (TPSA) is 62.1 Å². The van der Waals surface area contributed by atoms with Gasteiger partial charge in [-0.1, -0.05) is 60.7 Å². The van der Waals surface area contributed by atoms with E-state index >= 15 is 0 Å². The summed E-state index contributed by atoms with van der Waals surface area (Å²) < 4.78 is 5.54. The molecule has 2 atom stereocenters. The minimum Gasteiger partial charge on any atom is -0.459 e. The lowest BCUT2D eigenvalue weighted by molar-refractivity contribution is -0.157. The molecule has 0 saturated heterocycles. The second kappa shape index (κ2) is 8.46. The smallest absolute Gasteiger partial charge is 0.325 e. The second-order valence-corrected chi connectivity index (χ2v) is 6.90. The first-order valence-electron chi connectivity index (χ1n) is 8.35. The van der Waals surface area contributed by atoms with E-state index < -0.39 is 23.5 Å². The van der Waals surface area contributed by atoms with Gasteiger partial charge in [-0.2, -0.15) is 5.26 Å². The fourth-order valence-electron chi connectivity index (χ4n) is 2.53. The van der Waals surface area contributed by atoms with Gasteiger partial charge in [-0.3, -0.25) is 10.1 Å². The number of rotatable bonds is 6. The third kappa shape index (κ3) is 5.74. The number of carbonyl (C=O) groups is 1. The number of nitriles is 1. The fraction of sp³-hybridized carbons (Fsp3) is 0.333. The molecule has 0 aliphatic carbocycles. The molecule has 0 spiro atoms. The van der Waals surface area contributed by atoms with Crippen LogP contribution in [0.4, 0.5) is 0 Å². The summed E-state index contributed by atoms with van der Waals surface area (Å²) in [5.74, 6) is -1.04. The molecule has 130 valence electrons. The van der Waals surface area contributed by atoms with Crippen LogP contribution in [0.25, 0.3) is 0 Å². The Labute approximate surface area is 149 Å². The Morgan fingerprint density at radius 1 is 1.08 bits per heavy atom. The van der Waals surface area contributed by atoms with Gasteiger partial charge in [-0.15, -0.1) is 0 Å². The molecule has 25 heavy (non-hydrogen) atoms. The van der Waals surface area contributed by atoms with Crippen molar-refractivity contribution in [1.82, 2.24) is 5.32 Å². The van der Waals surface area contributed by atoms with Crippen molar-refractivity contribution < 1.29 is 9.53 Å². The van der Waals surface area contributed by atoms with Gasteiger partial charge in [-0.05, 0) is 31.9 Å². The standard InChI is InChI=1S/C21H24N2O2/c1-21(2,3)25-20(24)19(23-15-16-10-6-4-7-11-16)18(14-22)17-12-8-5-9-13-17/h4-13,18-19,23H,15H2,1-3H3/t18-,19-/m0/s1. The predicted octanol–water partition coefficient (Wildman–Crippen LogP) is 3.79. The van der Waals surface area contributed by atoms with Gasteiger partial charge in [0, 0.05) is 6.54 Å². The zero-order valence-corrected chi connectivity index (χ0v) is 14.9. The summed E-state index contributed by atoms with van der Waals surface area (Å²) in [5, 5.41) is 12.9. The number of nitrogens with one attached hydrogen (secondary N) is 1. The van der Waals surface area contributed by atoms with Crippen molar-refractivity contribution in [3.8, 4) is 6.07 Å². The van der Waals surface area contributed by atoms with Crippen LogP contribution < -0.4 is 5.32 Å². The van der Waals surface area contributed by atoms with Crippen molar-refractivity contribution >= 4 is 5.97 Å². The summed E-state index contributed by atoms with van der Waals surface area (Å²) in [6.07, 6.45) is 0. The monoisotopic (exact) mass is 336 g/mol. The normalized spacial score (nSPS) is 13.5. The quantitative estimate of drug-likeness (QED) is 0.815. The van der Waals surface area contributed by atoms with E-state index in [9.17, 15) is 10.1 Å². The second-order valence-electron chi connectivity index (χ2n) is 6.90. The van der Waals surface area contributed by atoms with Gasteiger partial charge >= 0.3 is 5.97 Å². The van der Waals surface area contributed by atoms with E-state index in [2.05, 4.69) is 11.4 Å². The van der Waals surface area contributed by atoms with Gasteiger partial charge in [0.15, 0.2) is 0 Å². The van der Waals surface area contributed by atoms with Crippen LogP contribution in [-0.2, 0) is 16.1 Å². The molecule has 2 rings (SSSR count). The highest BCUT2D eigenvalue weighted by Crippen LogP contribution is 2.22. The highest BCUT2D eigenvalue weighted by Gasteiger charge is 2.33. The van der Waals surface area contributed by atoms with Gasteiger partial charge in [0.1, 0.15) is 11.6 Å². The zero-order chi connectivity index (χ0) is 18.3. The van der Waals surface area contributed by atoms with Crippen molar-refractivity contribution in [2.75, 3.05) is 0 Å². The van der Waals surface area contributed by atoms with Crippen molar-refractivity contribution in [3.63, 3.8) is 0 Å². The number of benzene rings is 2. The lowest BCUT2D eigenvalue weighted by Gasteiger charge is -2.27. The van der Waals surface area contributed by atoms with Gasteiger partial charge in [0.2, 0.25) is 0 Å². The Morgan fingerprint density at radius 3 is 2.16 bits per heavy atom. The number of esters is 1. The molecule has 0 aliphatic heterocycles. The van der Waals surface area contributed by atoms with Crippen LogP contribution in [-0.4, -0.2) is 17.6 Å². The minimum atomic E-state index is -0.744. The zero-order valence-electron chi connectivity index (χ0n) is 14.9. The van der Waals surface area contributed by atoms with Gasteiger partial charge in [-0.25, -0.2) is 0 Å². The van der Waals surface area contributed by atoms with Crippen LogP contribution in [0.2, 0.25) is 0 Å². The van der Waals surface area contributed by atoms with E-state index in [4.69, 9.17) is 4.74 Å². The van der Waals surface area contributed by atoms with Crippen molar-refractivity contribution in [2.24, 2.45) is 0 Å². The maximum atomic E-state index is 12.7. The molecule has 4 heteroatoms. The molecule has 2 aromatic carbocycles. The molecule has 0 amide bonds. The summed E-state index contributed by atoms with van der Waals surface area (Å²) in [6, 6.07) is 20.6. The molecule has 0 heterocycles. The van der Waals surface area contributed by atoms with Gasteiger partial charge in [0.25, 0.3) is 0 Å². The lowest BCUT2D eigenvalue weighted by Crippen LogP contribution is -2.44. The Morgan fingerprint density at radius 2 is 1.64 bits per heavy atom. The molecular weight excluding hydrogens is 312 g/mol. The molecule has 4 nitrogen and oxygen atoms in total. The molecule has 0 radical (unpaired) electrons. The number of hydrogen-bond acceptors (Lipinski definition) is 4. The lowest BCUT2D eigenvalue weighted by atomic mass is 9.92. The van der Waals surface area contributed by atoms with Crippen LogP contribution in [0.1, 0.15) is 37.8 Å². The van der Waals surface area contributed by atoms with E-state index in [1.165, 1.54) is 0 Å². The number of hydrogen-bond donors (Lipinski definition) is 1. The third-order valence-corrected chi connectivity index (χ3v) is 3.66. The van der Waals surface area contributed by atoms with E-state index in [0.717, 1.165) is 11.1 Å². The molecule has 2 aromatic rings. The highest BCUT2D eigenvalue weighted by molar-refractivity contribution is 5.78. The van der Waals surface area contributed by atoms with Crippen LogP contribution in [0.3, 0.4) is 0 Å². The average Bonchev–Trinajstić information content (AvgIpc) is 2.58. The van der Waals surface area contributed by atoms with Gasteiger partial charge < -0.3 is 4.74 Å². The first kappa shape index (κ1) is 18.7. The molecule has 0 aromatic heterocycles. The van der Waals surface area contributed by atoms with Crippen LogP contribution in [0, 0.1) is 11.3 Å². The minimum absolute atomic E-state index is 0.418. The van der Waals surface area contributed by atoms with E-state index in [1.54, 1.807) is 0 Å². The molecule has 0 saturated carbocycles. The number of nitrogens with zero attached hydrogens (tertiary/aromatic N) is 1. The summed E-state index contributed by atoms with van der Waals surface area (Å²) in [5.41, 5.74) is 1.22. The fourth-order valence-corrected chi connectivity index (χ4v) is 2.53. The predicted molar refractivity (Wildman–Crippen MR) is 97.7 cm³/mol. The maximum Gasteiger partial charge on any atom is 0.325 e. The Hall–Kier alpha value is -2.64. The molecular formula is C21H24N2O2. The summed E-state index contributed by atoms with van der Waals surface area (Å²) in [6.45, 7) is 5.95. The van der Waals surface area contributed by atoms with Crippen molar-refractivity contribution in [2.45, 2.75) is 44.9 Å². The molecule has 0 aliphatic rings. The Bertz CT molecular complexity index is 715. The maximum absolute atomic E-state index is 12.7. The Balaban J connectivity index is 2.24. The van der Waals surface area contributed by atoms with Crippen LogP contribution in [0.5, 0.6) is 0 Å². The van der Waals surface area contributed by atoms with Crippen LogP contribution in [0.15, 0.2) is 60.7 Å². The molecule has 0 fully saturated rings. The summed E-state index contributed by atoms with van der Waals surface area (Å²) in [7, 11) is 0.